The number of ether oxygens (including phenoxy) is 1. The van der Waals surface area contributed by atoms with Crippen LogP contribution in [0.1, 0.15) is 27.2 Å². The minimum atomic E-state index is -0.534. The molecule has 0 spiro atoms. The van der Waals surface area contributed by atoms with E-state index >= 15 is 0 Å². The van der Waals surface area contributed by atoms with Gasteiger partial charge in [-0.15, -0.1) is 0 Å². The van der Waals surface area contributed by atoms with Crippen LogP contribution in [-0.2, 0) is 9.53 Å². The predicted octanol–water partition coefficient (Wildman–Crippen LogP) is 3.30. The summed E-state index contributed by atoms with van der Waals surface area (Å²) in [5.74, 6) is -0.278. The molecule has 0 bridgehead atoms. The van der Waals surface area contributed by atoms with Crippen LogP contribution in [0.3, 0.4) is 0 Å². The molecule has 2 unspecified atom stereocenters. The maximum Gasteiger partial charge on any atom is 0.407 e. The molecule has 2 rings (SSSR count). The fraction of sp³-hybridized carbons (Fsp3) is 0.467. The maximum atomic E-state index is 12.0. The zero-order valence-corrected chi connectivity index (χ0v) is 13.9. The largest absolute Gasteiger partial charge is 0.444 e. The van der Waals surface area contributed by atoms with Gasteiger partial charge in [0.25, 0.3) is 0 Å². The SMILES string of the molecule is CC(C)(C)OC(=O)NC1CC1C(=O)Nc1ccc(Br)cc1. The Hall–Kier alpha value is -1.56. The lowest BCUT2D eigenvalue weighted by Crippen LogP contribution is -2.35. The molecule has 1 aliphatic carbocycles. The highest BCUT2D eigenvalue weighted by Gasteiger charge is 2.44. The molecular formula is C15H19BrN2O3. The zero-order valence-electron chi connectivity index (χ0n) is 12.3. The van der Waals surface area contributed by atoms with E-state index in [4.69, 9.17) is 4.74 Å². The number of anilines is 1. The molecule has 2 N–H and O–H groups in total. The molecule has 2 amide bonds. The number of hydrogen-bond donors (Lipinski definition) is 2. The van der Waals surface area contributed by atoms with Crippen molar-refractivity contribution < 1.29 is 14.3 Å². The molecule has 1 fully saturated rings. The van der Waals surface area contributed by atoms with Gasteiger partial charge in [0, 0.05) is 16.2 Å². The second-order valence-corrected chi connectivity index (χ2v) is 7.01. The van der Waals surface area contributed by atoms with E-state index in [1.54, 1.807) is 20.8 Å². The van der Waals surface area contributed by atoms with Crippen LogP contribution in [0, 0.1) is 5.92 Å². The molecule has 1 aliphatic rings. The summed E-state index contributed by atoms with van der Waals surface area (Å²) < 4.78 is 6.12. The Labute approximate surface area is 132 Å². The van der Waals surface area contributed by atoms with Crippen LogP contribution >= 0.6 is 15.9 Å². The van der Waals surface area contributed by atoms with Gasteiger partial charge in [0.05, 0.1) is 5.92 Å². The van der Waals surface area contributed by atoms with E-state index in [1.165, 1.54) is 0 Å². The Bertz CT molecular complexity index is 537. The normalized spacial score (nSPS) is 20.6. The molecule has 0 saturated heterocycles. The first-order valence-electron chi connectivity index (χ1n) is 6.80. The number of carbonyl (C=O) groups is 2. The number of hydrogen-bond acceptors (Lipinski definition) is 3. The molecule has 1 aromatic rings. The number of rotatable bonds is 3. The van der Waals surface area contributed by atoms with E-state index in [0.717, 1.165) is 10.2 Å². The van der Waals surface area contributed by atoms with E-state index in [2.05, 4.69) is 26.6 Å². The van der Waals surface area contributed by atoms with Crippen molar-refractivity contribution in [2.45, 2.75) is 38.8 Å². The van der Waals surface area contributed by atoms with Crippen molar-refractivity contribution in [1.29, 1.82) is 0 Å². The fourth-order valence-electron chi connectivity index (χ4n) is 1.87. The second kappa shape index (κ2) is 6.05. The van der Waals surface area contributed by atoms with Crippen molar-refractivity contribution >= 4 is 33.6 Å². The van der Waals surface area contributed by atoms with Crippen molar-refractivity contribution in [2.75, 3.05) is 5.32 Å². The standard InChI is InChI=1S/C15H19BrN2O3/c1-15(2,3)21-14(20)18-12-8-11(12)13(19)17-10-6-4-9(16)5-7-10/h4-7,11-12H,8H2,1-3H3,(H,17,19)(H,18,20). The van der Waals surface area contributed by atoms with Crippen LogP contribution < -0.4 is 10.6 Å². The van der Waals surface area contributed by atoms with Crippen LogP contribution in [0.2, 0.25) is 0 Å². The van der Waals surface area contributed by atoms with Gasteiger partial charge in [0.15, 0.2) is 0 Å². The van der Waals surface area contributed by atoms with Crippen LogP contribution in [0.4, 0.5) is 10.5 Å². The quantitative estimate of drug-likeness (QED) is 0.874. The summed E-state index contributed by atoms with van der Waals surface area (Å²) >= 11 is 3.34. The molecule has 114 valence electrons. The Kier molecular flexibility index (Phi) is 4.56. The number of amides is 2. The summed E-state index contributed by atoms with van der Waals surface area (Å²) in [6.45, 7) is 5.41. The van der Waals surface area contributed by atoms with E-state index in [9.17, 15) is 9.59 Å². The minimum absolute atomic E-state index is 0.0848. The van der Waals surface area contributed by atoms with Crippen LogP contribution in [-0.4, -0.2) is 23.6 Å². The van der Waals surface area contributed by atoms with Crippen molar-refractivity contribution in [1.82, 2.24) is 5.32 Å². The summed E-state index contributed by atoms with van der Waals surface area (Å²) in [6.07, 6.45) is 0.160. The molecule has 21 heavy (non-hydrogen) atoms. The highest BCUT2D eigenvalue weighted by atomic mass is 79.9. The summed E-state index contributed by atoms with van der Waals surface area (Å²) in [5, 5.41) is 5.54. The third-order valence-corrected chi connectivity index (χ3v) is 3.47. The summed E-state index contributed by atoms with van der Waals surface area (Å²) in [7, 11) is 0. The number of halogens is 1. The van der Waals surface area contributed by atoms with Gasteiger partial charge in [-0.05, 0) is 51.5 Å². The summed E-state index contributed by atoms with van der Waals surface area (Å²) in [5.41, 5.74) is 0.208. The number of carbonyl (C=O) groups excluding carboxylic acids is 2. The maximum absolute atomic E-state index is 12.0. The monoisotopic (exact) mass is 354 g/mol. The van der Waals surface area contributed by atoms with Gasteiger partial charge in [-0.1, -0.05) is 15.9 Å². The van der Waals surface area contributed by atoms with Crippen LogP contribution in [0.15, 0.2) is 28.7 Å². The molecule has 1 saturated carbocycles. The molecule has 5 nitrogen and oxygen atoms in total. The molecule has 0 radical (unpaired) electrons. The Balaban J connectivity index is 1.79. The van der Waals surface area contributed by atoms with Gasteiger partial charge < -0.3 is 15.4 Å². The number of benzene rings is 1. The predicted molar refractivity (Wildman–Crippen MR) is 84.0 cm³/mol. The fourth-order valence-corrected chi connectivity index (χ4v) is 2.14. The van der Waals surface area contributed by atoms with Crippen LogP contribution in [0.5, 0.6) is 0 Å². The van der Waals surface area contributed by atoms with Gasteiger partial charge in [-0.3, -0.25) is 4.79 Å². The van der Waals surface area contributed by atoms with Crippen molar-refractivity contribution in [3.05, 3.63) is 28.7 Å². The van der Waals surface area contributed by atoms with E-state index in [0.29, 0.717) is 6.42 Å². The number of alkyl carbamates (subject to hydrolysis) is 1. The van der Waals surface area contributed by atoms with Gasteiger partial charge in [0.1, 0.15) is 5.60 Å². The van der Waals surface area contributed by atoms with Gasteiger partial charge in [-0.2, -0.15) is 0 Å². The van der Waals surface area contributed by atoms with Gasteiger partial charge >= 0.3 is 6.09 Å². The van der Waals surface area contributed by atoms with Gasteiger partial charge in [0.2, 0.25) is 5.91 Å². The third kappa shape index (κ3) is 5.04. The molecule has 1 aromatic carbocycles. The lowest BCUT2D eigenvalue weighted by molar-refractivity contribution is -0.117. The smallest absolute Gasteiger partial charge is 0.407 e. The topological polar surface area (TPSA) is 67.4 Å². The molecular weight excluding hydrogens is 336 g/mol. The Morgan fingerprint density at radius 3 is 2.43 bits per heavy atom. The van der Waals surface area contributed by atoms with E-state index in [-0.39, 0.29) is 17.9 Å². The Morgan fingerprint density at radius 2 is 1.86 bits per heavy atom. The molecule has 2 atom stereocenters. The lowest BCUT2D eigenvalue weighted by atomic mass is 10.2. The number of nitrogens with one attached hydrogen (secondary N) is 2. The van der Waals surface area contributed by atoms with Gasteiger partial charge in [-0.25, -0.2) is 4.79 Å². The average Bonchev–Trinajstić information content (AvgIpc) is 3.08. The van der Waals surface area contributed by atoms with E-state index < -0.39 is 11.7 Å². The molecule has 0 aromatic heterocycles. The minimum Gasteiger partial charge on any atom is -0.444 e. The third-order valence-electron chi connectivity index (χ3n) is 2.94. The van der Waals surface area contributed by atoms with Crippen LogP contribution in [0.25, 0.3) is 0 Å². The summed E-state index contributed by atoms with van der Waals surface area (Å²) in [4.78, 5) is 23.6. The summed E-state index contributed by atoms with van der Waals surface area (Å²) in [6, 6.07) is 7.22. The van der Waals surface area contributed by atoms with E-state index in [1.807, 2.05) is 24.3 Å². The highest BCUT2D eigenvalue weighted by molar-refractivity contribution is 9.10. The average molecular weight is 355 g/mol. The first kappa shape index (κ1) is 15.8. The van der Waals surface area contributed by atoms with Crippen molar-refractivity contribution in [3.63, 3.8) is 0 Å². The molecule has 0 heterocycles. The second-order valence-electron chi connectivity index (χ2n) is 6.09. The lowest BCUT2D eigenvalue weighted by Gasteiger charge is -2.19. The van der Waals surface area contributed by atoms with Crippen molar-refractivity contribution in [3.8, 4) is 0 Å². The molecule has 0 aliphatic heterocycles. The zero-order chi connectivity index (χ0) is 15.6. The van der Waals surface area contributed by atoms with Crippen molar-refractivity contribution in [2.24, 2.45) is 5.92 Å². The molecule has 6 heteroatoms. The first-order valence-corrected chi connectivity index (χ1v) is 7.60. The first-order chi connectivity index (χ1) is 9.74. The Morgan fingerprint density at radius 1 is 1.24 bits per heavy atom. The highest BCUT2D eigenvalue weighted by Crippen LogP contribution is 2.32.